The summed E-state index contributed by atoms with van der Waals surface area (Å²) in [7, 11) is 1.63. The molecule has 6 nitrogen and oxygen atoms in total. The number of nitrogens with zero attached hydrogens (tertiary/aromatic N) is 3. The molecule has 0 radical (unpaired) electrons. The van der Waals surface area contributed by atoms with Gasteiger partial charge in [-0.2, -0.15) is 13.2 Å². The number of para-hydroxylation sites is 2. The van der Waals surface area contributed by atoms with Crippen molar-refractivity contribution in [3.8, 4) is 5.75 Å². The Labute approximate surface area is 249 Å². The summed E-state index contributed by atoms with van der Waals surface area (Å²) in [6, 6.07) is 21.0. The van der Waals surface area contributed by atoms with Crippen molar-refractivity contribution in [1.82, 2.24) is 9.80 Å². The van der Waals surface area contributed by atoms with E-state index < -0.39 is 35.5 Å². The summed E-state index contributed by atoms with van der Waals surface area (Å²) in [4.78, 5) is 19.4. The zero-order valence-electron chi connectivity index (χ0n) is 24.1. The number of carbonyl (C=O) groups excluding carboxylic acids is 1. The monoisotopic (exact) mass is 599 g/mol. The predicted octanol–water partition coefficient (Wildman–Crippen LogP) is 5.76. The fourth-order valence-electron chi connectivity index (χ4n) is 6.22. The first-order chi connectivity index (χ1) is 20.6. The third-order valence-corrected chi connectivity index (χ3v) is 8.70. The van der Waals surface area contributed by atoms with Crippen LogP contribution in [0, 0.1) is 0 Å². The van der Waals surface area contributed by atoms with E-state index in [1.165, 1.54) is 12.1 Å². The molecule has 5 rings (SSSR count). The Morgan fingerprint density at radius 1 is 0.884 bits per heavy atom. The number of methoxy groups -OCH3 is 1. The number of hydrogen-bond donors (Lipinski definition) is 1. The highest BCUT2D eigenvalue weighted by Gasteiger charge is 2.41. The van der Waals surface area contributed by atoms with Crippen molar-refractivity contribution in [1.29, 1.82) is 0 Å². The zero-order chi connectivity index (χ0) is 30.6. The SMILES string of the molecule is COc1ccccc1N1CCN(C(CC(F)C(=O)c2ccccc2)N2CCC(O)(c3cccc(C(F)(F)F)c3)CC2)CC1. The number of piperazine rings is 1. The summed E-state index contributed by atoms with van der Waals surface area (Å²) >= 11 is 0. The molecule has 0 amide bonds. The number of piperidine rings is 1. The number of ether oxygens (including phenoxy) is 1. The standard InChI is InChI=1S/C33H37F4N3O3/c1-43-29-13-6-5-12-28(29)38-18-20-40(21-19-38)30(23-27(34)31(41)24-8-3-2-4-9-24)39-16-14-32(42,15-17-39)25-10-7-11-26(22-25)33(35,36)37/h2-13,22,27,30,42H,14-21,23H2,1H3. The summed E-state index contributed by atoms with van der Waals surface area (Å²) in [6.45, 7) is 3.25. The maximum Gasteiger partial charge on any atom is 0.416 e. The van der Waals surface area contributed by atoms with E-state index in [1.807, 2.05) is 24.3 Å². The fourth-order valence-corrected chi connectivity index (χ4v) is 6.22. The second-order valence-electron chi connectivity index (χ2n) is 11.3. The molecule has 2 atom stereocenters. The molecule has 2 saturated heterocycles. The first-order valence-electron chi connectivity index (χ1n) is 14.6. The molecule has 3 aromatic rings. The maximum absolute atomic E-state index is 15.7. The fraction of sp³-hybridized carbons (Fsp3) is 0.424. The Kier molecular flexibility index (Phi) is 9.39. The molecule has 2 unspecified atom stereocenters. The van der Waals surface area contributed by atoms with E-state index in [0.29, 0.717) is 44.8 Å². The molecule has 2 aliphatic heterocycles. The van der Waals surface area contributed by atoms with Gasteiger partial charge in [-0.15, -0.1) is 0 Å². The van der Waals surface area contributed by atoms with E-state index in [9.17, 15) is 23.1 Å². The van der Waals surface area contributed by atoms with Gasteiger partial charge in [-0.05, 0) is 42.7 Å². The Morgan fingerprint density at radius 2 is 1.51 bits per heavy atom. The number of carbonyl (C=O) groups is 1. The number of benzene rings is 3. The van der Waals surface area contributed by atoms with Crippen molar-refractivity contribution >= 4 is 11.5 Å². The van der Waals surface area contributed by atoms with Crippen LogP contribution in [0.15, 0.2) is 78.9 Å². The minimum absolute atomic E-state index is 0.0512. The summed E-state index contributed by atoms with van der Waals surface area (Å²) in [5.74, 6) is 0.199. The van der Waals surface area contributed by atoms with Gasteiger partial charge in [0.15, 0.2) is 12.0 Å². The molecule has 10 heteroatoms. The van der Waals surface area contributed by atoms with E-state index in [-0.39, 0.29) is 24.8 Å². The topological polar surface area (TPSA) is 56.2 Å². The molecule has 0 aromatic heterocycles. The van der Waals surface area contributed by atoms with Crippen LogP contribution in [0.2, 0.25) is 0 Å². The van der Waals surface area contributed by atoms with Crippen molar-refractivity contribution in [2.45, 2.75) is 43.4 Å². The van der Waals surface area contributed by atoms with Crippen molar-refractivity contribution < 1.29 is 32.2 Å². The molecule has 43 heavy (non-hydrogen) atoms. The molecule has 2 fully saturated rings. The highest BCUT2D eigenvalue weighted by molar-refractivity contribution is 5.99. The second-order valence-corrected chi connectivity index (χ2v) is 11.3. The smallest absolute Gasteiger partial charge is 0.416 e. The van der Waals surface area contributed by atoms with Gasteiger partial charge < -0.3 is 14.7 Å². The number of hydrogen-bond acceptors (Lipinski definition) is 6. The van der Waals surface area contributed by atoms with Crippen LogP contribution >= 0.6 is 0 Å². The van der Waals surface area contributed by atoms with Crippen LogP contribution in [-0.4, -0.2) is 79.4 Å². The molecule has 2 heterocycles. The molecule has 0 aliphatic carbocycles. The summed E-state index contributed by atoms with van der Waals surface area (Å²) in [6.07, 6.45) is -6.33. The molecular weight excluding hydrogens is 562 g/mol. The molecule has 230 valence electrons. The van der Waals surface area contributed by atoms with Crippen LogP contribution in [0.1, 0.15) is 40.7 Å². The van der Waals surface area contributed by atoms with Crippen LogP contribution in [0.3, 0.4) is 0 Å². The van der Waals surface area contributed by atoms with E-state index in [0.717, 1.165) is 23.6 Å². The van der Waals surface area contributed by atoms with Gasteiger partial charge in [0.2, 0.25) is 0 Å². The number of halogens is 4. The van der Waals surface area contributed by atoms with Crippen LogP contribution < -0.4 is 9.64 Å². The Bertz CT molecular complexity index is 1370. The third kappa shape index (κ3) is 7.03. The van der Waals surface area contributed by atoms with Gasteiger partial charge in [0, 0.05) is 51.3 Å². The lowest BCUT2D eigenvalue weighted by Crippen LogP contribution is -2.59. The van der Waals surface area contributed by atoms with Crippen LogP contribution in [0.5, 0.6) is 5.75 Å². The van der Waals surface area contributed by atoms with Gasteiger partial charge in [-0.25, -0.2) is 4.39 Å². The van der Waals surface area contributed by atoms with E-state index >= 15 is 4.39 Å². The lowest BCUT2D eigenvalue weighted by molar-refractivity contribution is -0.137. The lowest BCUT2D eigenvalue weighted by atomic mass is 9.83. The third-order valence-electron chi connectivity index (χ3n) is 8.70. The molecule has 1 N–H and O–H groups in total. The predicted molar refractivity (Wildman–Crippen MR) is 157 cm³/mol. The highest BCUT2D eigenvalue weighted by atomic mass is 19.4. The van der Waals surface area contributed by atoms with Crippen LogP contribution in [0.4, 0.5) is 23.2 Å². The van der Waals surface area contributed by atoms with Crippen LogP contribution in [0.25, 0.3) is 0 Å². The van der Waals surface area contributed by atoms with Crippen molar-refractivity contribution in [2.24, 2.45) is 0 Å². The number of alkyl halides is 4. The number of aliphatic hydroxyl groups is 1. The van der Waals surface area contributed by atoms with Crippen molar-refractivity contribution in [2.75, 3.05) is 51.3 Å². The minimum Gasteiger partial charge on any atom is -0.495 e. The van der Waals surface area contributed by atoms with Crippen LogP contribution in [-0.2, 0) is 11.8 Å². The number of ketones is 1. The number of anilines is 1. The maximum atomic E-state index is 15.7. The molecule has 2 aliphatic rings. The molecule has 0 saturated carbocycles. The molecule has 0 bridgehead atoms. The van der Waals surface area contributed by atoms with E-state index in [2.05, 4.69) is 14.7 Å². The second kappa shape index (κ2) is 13.0. The Balaban J connectivity index is 1.32. The van der Waals surface area contributed by atoms with Gasteiger partial charge >= 0.3 is 6.18 Å². The molecule has 3 aromatic carbocycles. The molecular formula is C33H37F4N3O3. The van der Waals surface area contributed by atoms with Gasteiger partial charge in [0.05, 0.1) is 30.1 Å². The van der Waals surface area contributed by atoms with Crippen molar-refractivity contribution in [3.05, 3.63) is 95.6 Å². The van der Waals surface area contributed by atoms with E-state index in [1.54, 1.807) is 37.4 Å². The number of rotatable bonds is 9. The summed E-state index contributed by atoms with van der Waals surface area (Å²) in [5, 5.41) is 11.4. The van der Waals surface area contributed by atoms with Gasteiger partial charge in [0.1, 0.15) is 5.75 Å². The lowest BCUT2D eigenvalue weighted by Gasteiger charge is -2.48. The zero-order valence-corrected chi connectivity index (χ0v) is 24.1. The first-order valence-corrected chi connectivity index (χ1v) is 14.6. The summed E-state index contributed by atoms with van der Waals surface area (Å²) in [5.41, 5.74) is -0.710. The van der Waals surface area contributed by atoms with E-state index in [4.69, 9.17) is 4.74 Å². The normalized spacial score (nSPS) is 19.5. The summed E-state index contributed by atoms with van der Waals surface area (Å²) < 4.78 is 61.3. The number of likely N-dealkylation sites (tertiary alicyclic amines) is 1. The van der Waals surface area contributed by atoms with Crippen molar-refractivity contribution in [3.63, 3.8) is 0 Å². The van der Waals surface area contributed by atoms with Gasteiger partial charge in [-0.3, -0.25) is 14.6 Å². The van der Waals surface area contributed by atoms with Gasteiger partial charge in [-0.1, -0.05) is 54.6 Å². The Hall–Kier alpha value is -3.47. The first kappa shape index (κ1) is 31.0. The Morgan fingerprint density at radius 3 is 2.16 bits per heavy atom. The van der Waals surface area contributed by atoms with Gasteiger partial charge in [0.25, 0.3) is 0 Å². The average Bonchev–Trinajstić information content (AvgIpc) is 3.04. The largest absolute Gasteiger partial charge is 0.495 e. The minimum atomic E-state index is -4.51. The number of Topliss-reactive ketones (excluding diaryl/α,β-unsaturated/α-hetero) is 1. The average molecular weight is 600 g/mol. The quantitative estimate of drug-likeness (QED) is 0.250. The highest BCUT2D eigenvalue weighted by Crippen LogP contribution is 2.38. The molecule has 0 spiro atoms.